The molecule has 2 rings (SSSR count). The fourth-order valence-corrected chi connectivity index (χ4v) is 3.93. The number of nitrogens with one attached hydrogen (secondary N) is 2. The Morgan fingerprint density at radius 1 is 1.08 bits per heavy atom. The van der Waals surface area contributed by atoms with E-state index in [4.69, 9.17) is 11.6 Å². The maximum absolute atomic E-state index is 12.6. The van der Waals surface area contributed by atoms with Gasteiger partial charge < -0.3 is 5.32 Å². The molecule has 2 aromatic rings. The van der Waals surface area contributed by atoms with Crippen molar-refractivity contribution in [2.45, 2.75) is 38.3 Å². The smallest absolute Gasteiger partial charge is 0.241 e. The van der Waals surface area contributed by atoms with Gasteiger partial charge in [-0.25, -0.2) is 8.42 Å². The van der Waals surface area contributed by atoms with E-state index in [2.05, 4.69) is 10.0 Å². The molecule has 0 saturated heterocycles. The van der Waals surface area contributed by atoms with Crippen LogP contribution in [-0.2, 0) is 21.4 Å². The largest absolute Gasteiger partial charge is 0.351 e. The van der Waals surface area contributed by atoms with Crippen LogP contribution in [0.3, 0.4) is 0 Å². The summed E-state index contributed by atoms with van der Waals surface area (Å²) in [5, 5.41) is 3.30. The molecular formula is C19H23ClN2O3S. The van der Waals surface area contributed by atoms with Gasteiger partial charge in [-0.2, -0.15) is 4.72 Å². The third-order valence-electron chi connectivity index (χ3n) is 3.97. The van der Waals surface area contributed by atoms with E-state index in [1.165, 1.54) is 12.1 Å². The van der Waals surface area contributed by atoms with Crippen LogP contribution in [0, 0.1) is 12.8 Å². The lowest BCUT2D eigenvalue weighted by Gasteiger charge is -2.22. The minimum Gasteiger partial charge on any atom is -0.351 e. The van der Waals surface area contributed by atoms with Gasteiger partial charge in [-0.1, -0.05) is 61.3 Å². The predicted molar refractivity (Wildman–Crippen MR) is 103 cm³/mol. The molecule has 7 heteroatoms. The maximum Gasteiger partial charge on any atom is 0.241 e. The number of carbonyl (C=O) groups is 1. The number of halogens is 1. The number of rotatable bonds is 7. The zero-order chi connectivity index (χ0) is 19.3. The van der Waals surface area contributed by atoms with E-state index in [0.29, 0.717) is 5.02 Å². The van der Waals surface area contributed by atoms with Gasteiger partial charge in [0.15, 0.2) is 0 Å². The number of benzene rings is 2. The number of sulfonamides is 1. The number of carbonyl (C=O) groups excluding carboxylic acids is 1. The van der Waals surface area contributed by atoms with Crippen molar-refractivity contribution in [3.63, 3.8) is 0 Å². The van der Waals surface area contributed by atoms with E-state index in [-0.39, 0.29) is 17.4 Å². The molecule has 0 radical (unpaired) electrons. The Kier molecular flexibility index (Phi) is 6.81. The van der Waals surface area contributed by atoms with Crippen molar-refractivity contribution in [3.8, 4) is 0 Å². The summed E-state index contributed by atoms with van der Waals surface area (Å²) in [7, 11) is -3.79. The first kappa shape index (κ1) is 20.4. The van der Waals surface area contributed by atoms with Crippen LogP contribution in [0.4, 0.5) is 0 Å². The second kappa shape index (κ2) is 8.66. The van der Waals surface area contributed by atoms with Crippen molar-refractivity contribution < 1.29 is 13.2 Å². The summed E-state index contributed by atoms with van der Waals surface area (Å²) < 4.78 is 27.7. The van der Waals surface area contributed by atoms with Crippen molar-refractivity contribution in [2.24, 2.45) is 5.92 Å². The summed E-state index contributed by atoms with van der Waals surface area (Å²) in [6, 6.07) is 12.8. The van der Waals surface area contributed by atoms with E-state index in [1.807, 2.05) is 19.1 Å². The molecule has 5 nitrogen and oxygen atoms in total. The standard InChI is InChI=1S/C19H23ClN2O3S/c1-13(2)18(19(23)21-12-15-6-4-5-7-17(15)20)22-26(24,25)16-10-8-14(3)9-11-16/h4-11,13,18,22H,12H2,1-3H3,(H,21,23)/t18-/m0/s1. The van der Waals surface area contributed by atoms with Gasteiger partial charge >= 0.3 is 0 Å². The average molecular weight is 395 g/mol. The lowest BCUT2D eigenvalue weighted by Crippen LogP contribution is -2.49. The average Bonchev–Trinajstić information content (AvgIpc) is 2.59. The summed E-state index contributed by atoms with van der Waals surface area (Å²) >= 11 is 6.09. The van der Waals surface area contributed by atoms with Gasteiger partial charge in [0.2, 0.25) is 15.9 Å². The molecule has 0 unspecified atom stereocenters. The third-order valence-corrected chi connectivity index (χ3v) is 5.80. The molecule has 2 N–H and O–H groups in total. The van der Waals surface area contributed by atoms with E-state index in [9.17, 15) is 13.2 Å². The van der Waals surface area contributed by atoms with Crippen LogP contribution in [0.1, 0.15) is 25.0 Å². The van der Waals surface area contributed by atoms with Crippen LogP contribution in [0.25, 0.3) is 0 Å². The van der Waals surface area contributed by atoms with Gasteiger partial charge in [0, 0.05) is 11.6 Å². The van der Waals surface area contributed by atoms with Crippen LogP contribution >= 0.6 is 11.6 Å². The lowest BCUT2D eigenvalue weighted by atomic mass is 10.0. The van der Waals surface area contributed by atoms with Crippen molar-refractivity contribution in [1.29, 1.82) is 0 Å². The summed E-state index contributed by atoms with van der Waals surface area (Å²) in [5.74, 6) is -0.614. The van der Waals surface area contributed by atoms with E-state index in [1.54, 1.807) is 38.1 Å². The zero-order valence-corrected chi connectivity index (χ0v) is 16.6. The fourth-order valence-electron chi connectivity index (χ4n) is 2.38. The Morgan fingerprint density at radius 2 is 1.69 bits per heavy atom. The van der Waals surface area contributed by atoms with Crippen molar-refractivity contribution >= 4 is 27.5 Å². The molecule has 0 aromatic heterocycles. The Hall–Kier alpha value is -1.89. The first-order valence-electron chi connectivity index (χ1n) is 8.31. The third kappa shape index (κ3) is 5.30. The number of hydrogen-bond acceptors (Lipinski definition) is 3. The number of hydrogen-bond donors (Lipinski definition) is 2. The molecule has 140 valence electrons. The number of aryl methyl sites for hydroxylation is 1. The van der Waals surface area contributed by atoms with E-state index in [0.717, 1.165) is 11.1 Å². The molecular weight excluding hydrogens is 372 g/mol. The first-order valence-corrected chi connectivity index (χ1v) is 10.2. The van der Waals surface area contributed by atoms with Crippen LogP contribution in [0.5, 0.6) is 0 Å². The fraction of sp³-hybridized carbons (Fsp3) is 0.316. The highest BCUT2D eigenvalue weighted by Gasteiger charge is 2.28. The van der Waals surface area contributed by atoms with E-state index < -0.39 is 22.0 Å². The van der Waals surface area contributed by atoms with Gasteiger partial charge in [0.1, 0.15) is 6.04 Å². The second-order valence-electron chi connectivity index (χ2n) is 6.47. The second-order valence-corrected chi connectivity index (χ2v) is 8.59. The monoisotopic (exact) mass is 394 g/mol. The highest BCUT2D eigenvalue weighted by molar-refractivity contribution is 7.89. The molecule has 0 fully saturated rings. The Bertz CT molecular complexity index is 865. The normalized spacial score (nSPS) is 12.8. The summed E-state index contributed by atoms with van der Waals surface area (Å²) in [6.07, 6.45) is 0. The molecule has 1 atom stereocenters. The highest BCUT2D eigenvalue weighted by Crippen LogP contribution is 2.16. The summed E-state index contributed by atoms with van der Waals surface area (Å²) in [5.41, 5.74) is 1.73. The van der Waals surface area contributed by atoms with Gasteiger partial charge in [0.25, 0.3) is 0 Å². The molecule has 0 aliphatic heterocycles. The quantitative estimate of drug-likeness (QED) is 0.756. The topological polar surface area (TPSA) is 75.3 Å². The van der Waals surface area contributed by atoms with Gasteiger partial charge in [-0.15, -0.1) is 0 Å². The molecule has 26 heavy (non-hydrogen) atoms. The SMILES string of the molecule is Cc1ccc(S(=O)(=O)N[C@H](C(=O)NCc2ccccc2Cl)C(C)C)cc1. The Morgan fingerprint density at radius 3 is 2.27 bits per heavy atom. The highest BCUT2D eigenvalue weighted by atomic mass is 35.5. The Labute approximate surface area is 159 Å². The molecule has 0 bridgehead atoms. The van der Waals surface area contributed by atoms with Crippen LogP contribution < -0.4 is 10.0 Å². The zero-order valence-electron chi connectivity index (χ0n) is 15.0. The lowest BCUT2D eigenvalue weighted by molar-refractivity contribution is -0.123. The van der Waals surface area contributed by atoms with Gasteiger partial charge in [0.05, 0.1) is 4.90 Å². The minimum atomic E-state index is -3.79. The van der Waals surface area contributed by atoms with Crippen molar-refractivity contribution in [1.82, 2.24) is 10.0 Å². The molecule has 0 spiro atoms. The predicted octanol–water partition coefficient (Wildman–Crippen LogP) is 3.27. The molecule has 1 amide bonds. The Balaban J connectivity index is 2.11. The number of amides is 1. The van der Waals surface area contributed by atoms with Crippen molar-refractivity contribution in [2.75, 3.05) is 0 Å². The molecule has 0 heterocycles. The maximum atomic E-state index is 12.6. The van der Waals surface area contributed by atoms with Crippen LogP contribution in [-0.4, -0.2) is 20.4 Å². The minimum absolute atomic E-state index is 0.132. The van der Waals surface area contributed by atoms with Crippen LogP contribution in [0.2, 0.25) is 5.02 Å². The van der Waals surface area contributed by atoms with E-state index >= 15 is 0 Å². The first-order chi connectivity index (χ1) is 12.2. The van der Waals surface area contributed by atoms with Crippen molar-refractivity contribution in [3.05, 3.63) is 64.7 Å². The van der Waals surface area contributed by atoms with Crippen LogP contribution in [0.15, 0.2) is 53.4 Å². The summed E-state index contributed by atoms with van der Waals surface area (Å²) in [4.78, 5) is 12.7. The van der Waals surface area contributed by atoms with Gasteiger partial charge in [-0.05, 0) is 36.6 Å². The van der Waals surface area contributed by atoms with Gasteiger partial charge in [-0.3, -0.25) is 4.79 Å². The summed E-state index contributed by atoms with van der Waals surface area (Å²) in [6.45, 7) is 5.69. The molecule has 0 aliphatic carbocycles. The molecule has 0 aliphatic rings. The molecule has 0 saturated carbocycles. The molecule has 2 aromatic carbocycles.